The van der Waals surface area contributed by atoms with Crippen LogP contribution in [-0.2, 0) is 4.79 Å². The van der Waals surface area contributed by atoms with E-state index in [0.29, 0.717) is 13.0 Å². The molecule has 0 aliphatic rings. The maximum atomic E-state index is 11.7. The smallest absolute Gasteiger partial charge is 0.222 e. The fraction of sp³-hybridized carbons (Fsp3) is 0.917. The molecule has 0 unspecified atom stereocenters. The molecule has 90 valence electrons. The van der Waals surface area contributed by atoms with Crippen LogP contribution in [0.5, 0.6) is 0 Å². The van der Waals surface area contributed by atoms with Gasteiger partial charge in [-0.05, 0) is 38.6 Å². The zero-order chi connectivity index (χ0) is 12.1. The molecule has 3 heteroatoms. The second-order valence-electron chi connectivity index (χ2n) is 5.30. The molecule has 0 aromatic rings. The summed E-state index contributed by atoms with van der Waals surface area (Å²) in [6.45, 7) is 9.10. The fourth-order valence-corrected chi connectivity index (χ4v) is 1.43. The minimum atomic E-state index is 0.183. The van der Waals surface area contributed by atoms with Gasteiger partial charge in [0.15, 0.2) is 0 Å². The van der Waals surface area contributed by atoms with Crippen LogP contribution in [0, 0.1) is 5.41 Å². The van der Waals surface area contributed by atoms with E-state index in [1.54, 1.807) is 4.90 Å². The van der Waals surface area contributed by atoms with Gasteiger partial charge in [0.25, 0.3) is 0 Å². The van der Waals surface area contributed by atoms with Crippen molar-refractivity contribution in [3.63, 3.8) is 0 Å². The lowest BCUT2D eigenvalue weighted by molar-refractivity contribution is -0.131. The molecule has 0 heterocycles. The Balaban J connectivity index is 4.00. The van der Waals surface area contributed by atoms with E-state index in [-0.39, 0.29) is 17.4 Å². The molecule has 0 fully saturated rings. The third-order valence-electron chi connectivity index (χ3n) is 3.00. The first-order valence-corrected chi connectivity index (χ1v) is 5.76. The molecule has 0 aliphatic heterocycles. The van der Waals surface area contributed by atoms with Crippen molar-refractivity contribution in [2.75, 3.05) is 13.6 Å². The van der Waals surface area contributed by atoms with E-state index in [2.05, 4.69) is 13.8 Å². The summed E-state index contributed by atoms with van der Waals surface area (Å²) in [7, 11) is 1.86. The number of nitrogens with zero attached hydrogens (tertiary/aromatic N) is 1. The molecule has 0 rings (SSSR count). The molecule has 0 aromatic carbocycles. The van der Waals surface area contributed by atoms with Crippen molar-refractivity contribution in [1.82, 2.24) is 4.90 Å². The van der Waals surface area contributed by atoms with Gasteiger partial charge in [0.05, 0.1) is 0 Å². The van der Waals surface area contributed by atoms with Gasteiger partial charge in [-0.2, -0.15) is 0 Å². The molecular formula is C12H26N2O. The summed E-state index contributed by atoms with van der Waals surface area (Å²) in [6, 6.07) is 0.287. The largest absolute Gasteiger partial charge is 0.343 e. The second-order valence-corrected chi connectivity index (χ2v) is 5.30. The van der Waals surface area contributed by atoms with Crippen LogP contribution >= 0.6 is 0 Å². The van der Waals surface area contributed by atoms with Gasteiger partial charge in [-0.1, -0.05) is 13.8 Å². The summed E-state index contributed by atoms with van der Waals surface area (Å²) in [6.07, 6.45) is 2.52. The highest BCUT2D eigenvalue weighted by molar-refractivity contribution is 5.76. The quantitative estimate of drug-likeness (QED) is 0.735. The molecule has 0 aliphatic carbocycles. The zero-order valence-electron chi connectivity index (χ0n) is 10.8. The highest BCUT2D eigenvalue weighted by Gasteiger charge is 2.20. The van der Waals surface area contributed by atoms with E-state index in [0.717, 1.165) is 12.8 Å². The molecule has 0 atom stereocenters. The molecule has 2 N–H and O–H groups in total. The maximum absolute atomic E-state index is 11.7. The van der Waals surface area contributed by atoms with Crippen molar-refractivity contribution < 1.29 is 4.79 Å². The summed E-state index contributed by atoms with van der Waals surface area (Å²) in [5.41, 5.74) is 5.72. The van der Waals surface area contributed by atoms with Crippen LogP contribution in [0.15, 0.2) is 0 Å². The minimum absolute atomic E-state index is 0.183. The van der Waals surface area contributed by atoms with Crippen molar-refractivity contribution in [2.45, 2.75) is 53.0 Å². The standard InChI is InChI=1S/C12H26N2O/c1-10(2)14(5)11(15)6-7-12(3,4)8-9-13/h10H,6-9,13H2,1-5H3. The molecule has 0 radical (unpaired) electrons. The van der Waals surface area contributed by atoms with E-state index in [1.807, 2.05) is 20.9 Å². The van der Waals surface area contributed by atoms with Crippen molar-refractivity contribution in [3.05, 3.63) is 0 Å². The van der Waals surface area contributed by atoms with E-state index in [9.17, 15) is 4.79 Å². The summed E-state index contributed by atoms with van der Waals surface area (Å²) >= 11 is 0. The summed E-state index contributed by atoms with van der Waals surface area (Å²) in [4.78, 5) is 13.5. The van der Waals surface area contributed by atoms with Crippen molar-refractivity contribution in [3.8, 4) is 0 Å². The lowest BCUT2D eigenvalue weighted by Gasteiger charge is -2.26. The topological polar surface area (TPSA) is 46.3 Å². The van der Waals surface area contributed by atoms with Crippen LogP contribution in [0.25, 0.3) is 0 Å². The molecule has 0 spiro atoms. The van der Waals surface area contributed by atoms with Crippen LogP contribution in [-0.4, -0.2) is 30.4 Å². The average molecular weight is 214 g/mol. The van der Waals surface area contributed by atoms with Gasteiger partial charge in [-0.25, -0.2) is 0 Å². The van der Waals surface area contributed by atoms with E-state index >= 15 is 0 Å². The van der Waals surface area contributed by atoms with Crippen molar-refractivity contribution >= 4 is 5.91 Å². The third kappa shape index (κ3) is 5.78. The lowest BCUT2D eigenvalue weighted by Crippen LogP contribution is -2.33. The Labute approximate surface area is 94.0 Å². The average Bonchev–Trinajstić information content (AvgIpc) is 2.13. The number of hydrogen-bond acceptors (Lipinski definition) is 2. The second kappa shape index (κ2) is 6.11. The molecule has 0 saturated carbocycles. The summed E-state index contributed by atoms with van der Waals surface area (Å²) in [5, 5.41) is 0. The van der Waals surface area contributed by atoms with Gasteiger partial charge < -0.3 is 10.6 Å². The van der Waals surface area contributed by atoms with Crippen LogP contribution in [0.4, 0.5) is 0 Å². The number of nitrogens with two attached hydrogens (primary N) is 1. The molecule has 0 bridgehead atoms. The first-order valence-electron chi connectivity index (χ1n) is 5.76. The third-order valence-corrected chi connectivity index (χ3v) is 3.00. The van der Waals surface area contributed by atoms with E-state index < -0.39 is 0 Å². The zero-order valence-corrected chi connectivity index (χ0v) is 10.8. The van der Waals surface area contributed by atoms with Gasteiger partial charge in [-0.3, -0.25) is 4.79 Å². The van der Waals surface area contributed by atoms with Gasteiger partial charge >= 0.3 is 0 Å². The van der Waals surface area contributed by atoms with Gasteiger partial charge in [0, 0.05) is 19.5 Å². The molecule has 0 aromatic heterocycles. The monoisotopic (exact) mass is 214 g/mol. The predicted molar refractivity (Wildman–Crippen MR) is 64.6 cm³/mol. The normalized spacial score (nSPS) is 11.9. The number of rotatable bonds is 6. The lowest BCUT2D eigenvalue weighted by atomic mass is 9.84. The summed E-state index contributed by atoms with van der Waals surface area (Å²) < 4.78 is 0. The van der Waals surface area contributed by atoms with Crippen LogP contribution < -0.4 is 5.73 Å². The number of hydrogen-bond donors (Lipinski definition) is 1. The highest BCUT2D eigenvalue weighted by Crippen LogP contribution is 2.26. The van der Waals surface area contributed by atoms with Gasteiger partial charge in [-0.15, -0.1) is 0 Å². The Morgan fingerprint density at radius 1 is 1.33 bits per heavy atom. The number of amides is 1. The van der Waals surface area contributed by atoms with E-state index in [4.69, 9.17) is 5.73 Å². The molecule has 3 nitrogen and oxygen atoms in total. The van der Waals surface area contributed by atoms with Crippen molar-refractivity contribution in [1.29, 1.82) is 0 Å². The van der Waals surface area contributed by atoms with Gasteiger partial charge in [0.1, 0.15) is 0 Å². The Morgan fingerprint density at radius 2 is 1.87 bits per heavy atom. The van der Waals surface area contributed by atoms with Gasteiger partial charge in [0.2, 0.25) is 5.91 Å². The Hall–Kier alpha value is -0.570. The Morgan fingerprint density at radius 3 is 2.27 bits per heavy atom. The van der Waals surface area contributed by atoms with Crippen molar-refractivity contribution in [2.24, 2.45) is 11.1 Å². The SMILES string of the molecule is CC(C)N(C)C(=O)CCC(C)(C)CCN. The molecule has 0 saturated heterocycles. The molecular weight excluding hydrogens is 188 g/mol. The molecule has 1 amide bonds. The van der Waals surface area contributed by atoms with Crippen LogP contribution in [0.1, 0.15) is 47.0 Å². The Kier molecular flexibility index (Phi) is 5.88. The predicted octanol–water partition coefficient (Wildman–Crippen LogP) is 2.01. The minimum Gasteiger partial charge on any atom is -0.343 e. The fourth-order valence-electron chi connectivity index (χ4n) is 1.43. The van der Waals surface area contributed by atoms with E-state index in [1.165, 1.54) is 0 Å². The number of carbonyl (C=O) groups excluding carboxylic acids is 1. The Bertz CT molecular complexity index is 200. The van der Waals surface area contributed by atoms with Crippen LogP contribution in [0.3, 0.4) is 0 Å². The van der Waals surface area contributed by atoms with Crippen LogP contribution in [0.2, 0.25) is 0 Å². The molecule has 15 heavy (non-hydrogen) atoms. The number of carbonyl (C=O) groups is 1. The highest BCUT2D eigenvalue weighted by atomic mass is 16.2. The first kappa shape index (κ1) is 14.4. The first-order chi connectivity index (χ1) is 6.80. The maximum Gasteiger partial charge on any atom is 0.222 e. The summed E-state index contributed by atoms with van der Waals surface area (Å²) in [5.74, 6) is 0.232.